The van der Waals surface area contributed by atoms with Crippen LogP contribution in [0.5, 0.6) is 0 Å². The lowest BCUT2D eigenvalue weighted by molar-refractivity contribution is 0.185. The number of nitrogens with zero attached hydrogens (tertiary/aromatic N) is 1. The lowest BCUT2D eigenvalue weighted by atomic mass is 9.92. The highest BCUT2D eigenvalue weighted by atomic mass is 15.1. The monoisotopic (exact) mass is 236 g/mol. The largest absolute Gasteiger partial charge is 0.316 e. The topological polar surface area (TPSA) is 15.3 Å². The van der Waals surface area contributed by atoms with Crippen LogP contribution in [0.15, 0.2) is 0 Å². The second-order valence-electron chi connectivity index (χ2n) is 6.16. The van der Waals surface area contributed by atoms with E-state index >= 15 is 0 Å². The summed E-state index contributed by atoms with van der Waals surface area (Å²) >= 11 is 0. The van der Waals surface area contributed by atoms with Crippen molar-refractivity contribution in [1.82, 2.24) is 10.2 Å². The van der Waals surface area contributed by atoms with E-state index in [1.165, 1.54) is 25.8 Å². The van der Waals surface area contributed by atoms with Crippen LogP contribution in [-0.2, 0) is 0 Å². The summed E-state index contributed by atoms with van der Waals surface area (Å²) in [5.74, 6) is 3.72. The molecule has 17 heavy (non-hydrogen) atoms. The zero-order valence-electron chi connectivity index (χ0n) is 11.8. The number of hydrogen-bond donors (Lipinski definition) is 1. The number of terminal acetylenes is 1. The highest BCUT2D eigenvalue weighted by Crippen LogP contribution is 2.30. The maximum absolute atomic E-state index is 5.46. The Morgan fingerprint density at radius 2 is 2.12 bits per heavy atom. The first kappa shape index (κ1) is 14.5. The van der Waals surface area contributed by atoms with Gasteiger partial charge in [0, 0.05) is 19.6 Å². The van der Waals surface area contributed by atoms with Gasteiger partial charge in [-0.25, -0.2) is 0 Å². The zero-order valence-corrected chi connectivity index (χ0v) is 11.8. The molecule has 98 valence electrons. The quantitative estimate of drug-likeness (QED) is 0.488. The summed E-state index contributed by atoms with van der Waals surface area (Å²) in [6.45, 7) is 12.1. The summed E-state index contributed by atoms with van der Waals surface area (Å²) in [5, 5.41) is 3.51. The third-order valence-corrected chi connectivity index (χ3v) is 3.21. The molecule has 1 rings (SSSR count). The third kappa shape index (κ3) is 6.71. The van der Waals surface area contributed by atoms with Crippen molar-refractivity contribution >= 4 is 0 Å². The molecule has 1 aliphatic rings. The van der Waals surface area contributed by atoms with Gasteiger partial charge in [0.1, 0.15) is 0 Å². The summed E-state index contributed by atoms with van der Waals surface area (Å²) in [6.07, 6.45) is 9.46. The van der Waals surface area contributed by atoms with Crippen LogP contribution in [0.2, 0.25) is 0 Å². The van der Waals surface area contributed by atoms with Gasteiger partial charge in [0.2, 0.25) is 0 Å². The molecule has 0 atom stereocenters. The van der Waals surface area contributed by atoms with E-state index in [0.29, 0.717) is 5.41 Å². The lowest BCUT2D eigenvalue weighted by Gasteiger charge is -2.32. The van der Waals surface area contributed by atoms with Crippen molar-refractivity contribution in [2.75, 3.05) is 32.7 Å². The standard InChI is InChI=1S/C15H28N2/c1-5-9-16-12-15(3,4)13-17(10-6-2)11-14-7-8-14/h2,14,16H,5,7-13H2,1,3-4H3. The first-order chi connectivity index (χ1) is 8.07. The van der Waals surface area contributed by atoms with Gasteiger partial charge >= 0.3 is 0 Å². The van der Waals surface area contributed by atoms with E-state index in [0.717, 1.165) is 32.1 Å². The molecule has 0 radical (unpaired) electrons. The van der Waals surface area contributed by atoms with Gasteiger partial charge in [0.05, 0.1) is 6.54 Å². The average molecular weight is 236 g/mol. The molecule has 1 aliphatic carbocycles. The van der Waals surface area contributed by atoms with Gasteiger partial charge in [-0.15, -0.1) is 6.42 Å². The fourth-order valence-electron chi connectivity index (χ4n) is 2.24. The Hall–Kier alpha value is -0.520. The van der Waals surface area contributed by atoms with Crippen LogP contribution in [0.3, 0.4) is 0 Å². The van der Waals surface area contributed by atoms with Crippen molar-refractivity contribution < 1.29 is 0 Å². The van der Waals surface area contributed by atoms with Gasteiger partial charge in [0.15, 0.2) is 0 Å². The maximum Gasteiger partial charge on any atom is 0.0599 e. The van der Waals surface area contributed by atoms with Crippen molar-refractivity contribution in [2.24, 2.45) is 11.3 Å². The smallest absolute Gasteiger partial charge is 0.0599 e. The Morgan fingerprint density at radius 3 is 2.65 bits per heavy atom. The average Bonchev–Trinajstić information content (AvgIpc) is 3.01. The van der Waals surface area contributed by atoms with Crippen LogP contribution in [0.1, 0.15) is 40.0 Å². The highest BCUT2D eigenvalue weighted by Gasteiger charge is 2.27. The molecule has 0 aliphatic heterocycles. The SMILES string of the molecule is C#CCN(CC1CC1)CC(C)(C)CNCCC. The molecule has 1 N–H and O–H groups in total. The first-order valence-electron chi connectivity index (χ1n) is 6.94. The Balaban J connectivity index is 2.31. The molecular formula is C15H28N2. The van der Waals surface area contributed by atoms with E-state index < -0.39 is 0 Å². The van der Waals surface area contributed by atoms with Crippen molar-refractivity contribution in [2.45, 2.75) is 40.0 Å². The van der Waals surface area contributed by atoms with Crippen LogP contribution < -0.4 is 5.32 Å². The molecule has 0 unspecified atom stereocenters. The second kappa shape index (κ2) is 7.03. The molecule has 0 heterocycles. The Bertz CT molecular complexity index is 248. The van der Waals surface area contributed by atoms with Crippen molar-refractivity contribution in [3.63, 3.8) is 0 Å². The molecule has 0 aromatic heterocycles. The molecule has 0 saturated heterocycles. The van der Waals surface area contributed by atoms with E-state index in [-0.39, 0.29) is 0 Å². The van der Waals surface area contributed by atoms with Gasteiger partial charge in [-0.2, -0.15) is 0 Å². The van der Waals surface area contributed by atoms with Crippen LogP contribution in [0, 0.1) is 23.7 Å². The normalized spacial score (nSPS) is 16.2. The maximum atomic E-state index is 5.46. The van der Waals surface area contributed by atoms with E-state index in [9.17, 15) is 0 Å². The number of hydrogen-bond acceptors (Lipinski definition) is 2. The summed E-state index contributed by atoms with van der Waals surface area (Å²) in [6, 6.07) is 0. The minimum Gasteiger partial charge on any atom is -0.316 e. The molecule has 0 spiro atoms. The van der Waals surface area contributed by atoms with Gasteiger partial charge in [-0.05, 0) is 37.1 Å². The van der Waals surface area contributed by atoms with Crippen LogP contribution in [0.4, 0.5) is 0 Å². The number of rotatable bonds is 9. The Morgan fingerprint density at radius 1 is 1.41 bits per heavy atom. The van der Waals surface area contributed by atoms with Crippen LogP contribution >= 0.6 is 0 Å². The van der Waals surface area contributed by atoms with E-state index in [4.69, 9.17) is 6.42 Å². The van der Waals surface area contributed by atoms with Crippen molar-refractivity contribution in [3.8, 4) is 12.3 Å². The van der Waals surface area contributed by atoms with Gasteiger partial charge in [-0.1, -0.05) is 26.7 Å². The molecule has 0 amide bonds. The predicted octanol–water partition coefficient (Wildman–Crippen LogP) is 2.36. The van der Waals surface area contributed by atoms with Crippen molar-refractivity contribution in [3.05, 3.63) is 0 Å². The van der Waals surface area contributed by atoms with Crippen LogP contribution in [0.25, 0.3) is 0 Å². The zero-order chi connectivity index (χ0) is 12.7. The Kier molecular flexibility index (Phi) is 6.02. The van der Waals surface area contributed by atoms with E-state index in [1.54, 1.807) is 0 Å². The first-order valence-corrected chi connectivity index (χ1v) is 6.94. The molecule has 0 aromatic carbocycles. The van der Waals surface area contributed by atoms with Gasteiger partial charge in [-0.3, -0.25) is 4.90 Å². The molecule has 0 bridgehead atoms. The highest BCUT2D eigenvalue weighted by molar-refractivity contribution is 4.92. The van der Waals surface area contributed by atoms with Gasteiger partial charge in [0.25, 0.3) is 0 Å². The molecular weight excluding hydrogens is 208 g/mol. The summed E-state index contributed by atoms with van der Waals surface area (Å²) in [4.78, 5) is 2.45. The fraction of sp³-hybridized carbons (Fsp3) is 0.867. The lowest BCUT2D eigenvalue weighted by Crippen LogP contribution is -2.41. The Labute approximate surface area is 107 Å². The van der Waals surface area contributed by atoms with Crippen LogP contribution in [-0.4, -0.2) is 37.6 Å². The third-order valence-electron chi connectivity index (χ3n) is 3.21. The summed E-state index contributed by atoms with van der Waals surface area (Å²) in [5.41, 5.74) is 0.306. The summed E-state index contributed by atoms with van der Waals surface area (Å²) in [7, 11) is 0. The van der Waals surface area contributed by atoms with Crippen molar-refractivity contribution in [1.29, 1.82) is 0 Å². The predicted molar refractivity (Wildman–Crippen MR) is 74.9 cm³/mol. The molecule has 1 fully saturated rings. The molecule has 1 saturated carbocycles. The fourth-order valence-corrected chi connectivity index (χ4v) is 2.24. The minimum atomic E-state index is 0.306. The molecule has 2 heteroatoms. The van der Waals surface area contributed by atoms with E-state index in [2.05, 4.69) is 36.9 Å². The molecule has 2 nitrogen and oxygen atoms in total. The van der Waals surface area contributed by atoms with Gasteiger partial charge < -0.3 is 5.32 Å². The number of nitrogens with one attached hydrogen (secondary N) is 1. The summed E-state index contributed by atoms with van der Waals surface area (Å²) < 4.78 is 0. The molecule has 0 aromatic rings. The minimum absolute atomic E-state index is 0.306. The van der Waals surface area contributed by atoms with E-state index in [1.807, 2.05) is 0 Å². The second-order valence-corrected chi connectivity index (χ2v) is 6.16.